The molecule has 1 N–H and O–H groups in total. The van der Waals surface area contributed by atoms with E-state index in [4.69, 9.17) is 4.74 Å². The summed E-state index contributed by atoms with van der Waals surface area (Å²) in [5.74, 6) is 0.243. The summed E-state index contributed by atoms with van der Waals surface area (Å²) in [6.07, 6.45) is 5.38. The average molecular weight is 464 g/mol. The molecule has 1 aliphatic rings. The molecule has 0 unspecified atom stereocenters. The highest BCUT2D eigenvalue weighted by atomic mass is 32.2. The van der Waals surface area contributed by atoms with Crippen LogP contribution in [0.3, 0.4) is 0 Å². The summed E-state index contributed by atoms with van der Waals surface area (Å²) >= 11 is 0. The molecule has 9 heteroatoms. The first-order valence-corrected chi connectivity index (χ1v) is 12.2. The summed E-state index contributed by atoms with van der Waals surface area (Å²) in [6, 6.07) is 8.78. The molecule has 1 aromatic heterocycles. The van der Waals surface area contributed by atoms with Gasteiger partial charge in [0, 0.05) is 36.9 Å². The second kappa shape index (κ2) is 10.4. The van der Waals surface area contributed by atoms with Gasteiger partial charge in [0.15, 0.2) is 0 Å². The van der Waals surface area contributed by atoms with Crippen molar-refractivity contribution in [2.45, 2.75) is 50.5 Å². The maximum atomic E-state index is 12.9. The van der Waals surface area contributed by atoms with Gasteiger partial charge in [0.05, 0.1) is 11.5 Å². The Morgan fingerprint density at radius 2 is 1.78 bits per heavy atom. The third-order valence-corrected chi connectivity index (χ3v) is 7.63. The van der Waals surface area contributed by atoms with Crippen LogP contribution in [0.2, 0.25) is 0 Å². The summed E-state index contributed by atoms with van der Waals surface area (Å²) in [5, 5.41) is 3.08. The monoisotopic (exact) mass is 463 g/mol. The van der Waals surface area contributed by atoms with Gasteiger partial charge < -0.3 is 10.1 Å². The Hall–Kier alpha value is -2.52. The van der Waals surface area contributed by atoms with E-state index < -0.39 is 15.4 Å². The van der Waals surface area contributed by atoms with Gasteiger partial charge in [-0.2, -0.15) is 4.31 Å². The van der Waals surface area contributed by atoms with Crippen LogP contribution in [-0.4, -0.2) is 49.4 Å². The topological polar surface area (TPSA) is 88.6 Å². The number of benzene rings is 1. The third kappa shape index (κ3) is 6.26. The van der Waals surface area contributed by atoms with Crippen LogP contribution >= 0.6 is 0 Å². The van der Waals surface area contributed by atoms with E-state index >= 15 is 0 Å². The Labute approximate surface area is 189 Å². The quantitative estimate of drug-likeness (QED) is 0.576. The predicted molar refractivity (Wildman–Crippen MR) is 119 cm³/mol. The number of nitrogens with zero attached hydrogens (tertiary/aromatic N) is 2. The van der Waals surface area contributed by atoms with Crippen molar-refractivity contribution in [3.63, 3.8) is 0 Å². The first-order valence-electron chi connectivity index (χ1n) is 10.8. The van der Waals surface area contributed by atoms with Crippen molar-refractivity contribution in [1.29, 1.82) is 0 Å². The number of carbonyl (C=O) groups excluding carboxylic acids is 1. The Bertz CT molecular complexity index is 990. The van der Waals surface area contributed by atoms with Gasteiger partial charge in [-0.1, -0.05) is 13.8 Å². The van der Waals surface area contributed by atoms with E-state index in [2.05, 4.69) is 10.3 Å². The van der Waals surface area contributed by atoms with Gasteiger partial charge in [0.1, 0.15) is 11.6 Å². The molecule has 2 heterocycles. The highest BCUT2D eigenvalue weighted by molar-refractivity contribution is 7.89. The fourth-order valence-electron chi connectivity index (χ4n) is 3.63. The van der Waals surface area contributed by atoms with Crippen LogP contribution in [0.5, 0.6) is 5.75 Å². The molecule has 0 atom stereocenters. The summed E-state index contributed by atoms with van der Waals surface area (Å²) in [6.45, 7) is 4.95. The summed E-state index contributed by atoms with van der Waals surface area (Å²) in [4.78, 5) is 16.9. The smallest absolute Gasteiger partial charge is 0.243 e. The van der Waals surface area contributed by atoms with Gasteiger partial charge in [0.2, 0.25) is 15.9 Å². The van der Waals surface area contributed by atoms with E-state index in [9.17, 15) is 17.6 Å². The van der Waals surface area contributed by atoms with E-state index in [0.717, 1.165) is 0 Å². The lowest BCUT2D eigenvalue weighted by Crippen LogP contribution is -2.49. The van der Waals surface area contributed by atoms with E-state index in [0.29, 0.717) is 51.1 Å². The van der Waals surface area contributed by atoms with Crippen molar-refractivity contribution in [1.82, 2.24) is 14.6 Å². The van der Waals surface area contributed by atoms with Crippen molar-refractivity contribution in [2.75, 3.05) is 19.7 Å². The van der Waals surface area contributed by atoms with Crippen LogP contribution in [0, 0.1) is 11.2 Å². The first-order chi connectivity index (χ1) is 15.2. The van der Waals surface area contributed by atoms with E-state index in [1.54, 1.807) is 12.1 Å². The number of carbonyl (C=O) groups is 1. The van der Waals surface area contributed by atoms with Crippen molar-refractivity contribution in [2.24, 2.45) is 5.41 Å². The zero-order valence-corrected chi connectivity index (χ0v) is 19.3. The number of hydrogen-bond acceptors (Lipinski definition) is 5. The van der Waals surface area contributed by atoms with Gasteiger partial charge in [-0.3, -0.25) is 9.78 Å². The molecule has 2 aromatic rings. The molecule has 0 aliphatic carbocycles. The number of piperidine rings is 1. The second-order valence-corrected chi connectivity index (χ2v) is 10.6. The third-order valence-electron chi connectivity index (χ3n) is 5.72. The molecule has 3 rings (SSSR count). The fraction of sp³-hybridized carbons (Fsp3) is 0.478. The van der Waals surface area contributed by atoms with Crippen molar-refractivity contribution in [3.8, 4) is 5.75 Å². The number of hydrogen-bond donors (Lipinski definition) is 1. The molecule has 1 amide bonds. The molecule has 0 radical (unpaired) electrons. The summed E-state index contributed by atoms with van der Waals surface area (Å²) < 4.78 is 45.4. The highest BCUT2D eigenvalue weighted by Gasteiger charge is 2.33. The lowest BCUT2D eigenvalue weighted by Gasteiger charge is -2.33. The highest BCUT2D eigenvalue weighted by Crippen LogP contribution is 2.25. The SMILES string of the molecule is CC(C)(CCCOc1ccc(F)cc1)C(=O)NC1CCN(S(=O)(=O)c2ccncc2)CC1. The fourth-order valence-corrected chi connectivity index (χ4v) is 5.08. The molecule has 0 saturated carbocycles. The number of amides is 1. The number of rotatable bonds is 9. The molecule has 0 spiro atoms. The molecule has 1 aliphatic heterocycles. The molecule has 32 heavy (non-hydrogen) atoms. The summed E-state index contributed by atoms with van der Waals surface area (Å²) in [5.41, 5.74) is -0.577. The van der Waals surface area contributed by atoms with Crippen LogP contribution in [0.4, 0.5) is 4.39 Å². The van der Waals surface area contributed by atoms with Crippen LogP contribution in [0.1, 0.15) is 39.5 Å². The second-order valence-electron chi connectivity index (χ2n) is 8.62. The van der Waals surface area contributed by atoms with Crippen LogP contribution in [0.25, 0.3) is 0 Å². The molecule has 174 valence electrons. The van der Waals surface area contributed by atoms with Gasteiger partial charge in [-0.25, -0.2) is 12.8 Å². The zero-order chi connectivity index (χ0) is 23.2. The van der Waals surface area contributed by atoms with Crippen molar-refractivity contribution in [3.05, 3.63) is 54.6 Å². The molecule has 7 nitrogen and oxygen atoms in total. The average Bonchev–Trinajstić information content (AvgIpc) is 2.79. The lowest BCUT2D eigenvalue weighted by atomic mass is 9.86. The van der Waals surface area contributed by atoms with Gasteiger partial charge in [-0.05, 0) is 62.1 Å². The Morgan fingerprint density at radius 1 is 1.16 bits per heavy atom. The van der Waals surface area contributed by atoms with Crippen LogP contribution < -0.4 is 10.1 Å². The number of aromatic nitrogens is 1. The lowest BCUT2D eigenvalue weighted by molar-refractivity contribution is -0.130. The van der Waals surface area contributed by atoms with Gasteiger partial charge in [0.25, 0.3) is 0 Å². The number of nitrogens with one attached hydrogen (secondary N) is 1. The van der Waals surface area contributed by atoms with E-state index in [1.165, 1.54) is 41.0 Å². The normalized spacial score (nSPS) is 16.0. The number of halogens is 1. The maximum absolute atomic E-state index is 12.9. The standard InChI is InChI=1S/C23H30FN3O4S/c1-23(2,12-3-17-31-20-6-4-18(24)5-7-20)22(28)26-19-10-15-27(16-11-19)32(29,30)21-8-13-25-14-9-21/h4-9,13-14,19H,3,10-12,15-17H2,1-2H3,(H,26,28). The zero-order valence-electron chi connectivity index (χ0n) is 18.5. The minimum atomic E-state index is -3.54. The molecule has 1 saturated heterocycles. The number of ether oxygens (including phenoxy) is 1. The molecule has 0 bridgehead atoms. The minimum absolute atomic E-state index is 0.0466. The Kier molecular flexibility index (Phi) is 7.84. The maximum Gasteiger partial charge on any atom is 0.243 e. The molecule has 1 fully saturated rings. The summed E-state index contributed by atoms with van der Waals surface area (Å²) in [7, 11) is -3.54. The van der Waals surface area contributed by atoms with Gasteiger partial charge >= 0.3 is 0 Å². The van der Waals surface area contributed by atoms with Gasteiger partial charge in [-0.15, -0.1) is 0 Å². The van der Waals surface area contributed by atoms with Crippen molar-refractivity contribution < 1.29 is 22.3 Å². The van der Waals surface area contributed by atoms with E-state index in [-0.39, 0.29) is 22.7 Å². The minimum Gasteiger partial charge on any atom is -0.494 e. The predicted octanol–water partition coefficient (Wildman–Crippen LogP) is 3.38. The van der Waals surface area contributed by atoms with Crippen molar-refractivity contribution >= 4 is 15.9 Å². The first kappa shape index (κ1) is 24.1. The number of sulfonamides is 1. The Morgan fingerprint density at radius 3 is 2.41 bits per heavy atom. The Balaban J connectivity index is 1.42. The van der Waals surface area contributed by atoms with E-state index in [1.807, 2.05) is 13.8 Å². The van der Waals surface area contributed by atoms with Crippen LogP contribution in [-0.2, 0) is 14.8 Å². The molecular weight excluding hydrogens is 433 g/mol. The molecular formula is C23H30FN3O4S. The van der Waals surface area contributed by atoms with Crippen LogP contribution in [0.15, 0.2) is 53.7 Å². The number of pyridine rings is 1. The largest absolute Gasteiger partial charge is 0.494 e. The molecule has 1 aromatic carbocycles.